The predicted octanol–water partition coefficient (Wildman–Crippen LogP) is 17.3. The SMILES string of the molecule is c1ccc(-c2ccc(-c3nc(-c4cccc(-c5ccccc5-c5ccccc5-c5nc(-c6ccc(-c7ccccc7)cc6)nc6sc7ccccc7c56)c4)c4c(n3)sc3ccccc34)cc2)cc1. The van der Waals surface area contributed by atoms with E-state index in [1.54, 1.807) is 22.7 Å². The van der Waals surface area contributed by atoms with E-state index in [1.165, 1.54) is 20.5 Å². The molecule has 0 spiro atoms. The minimum atomic E-state index is 0.707. The zero-order valence-electron chi connectivity index (χ0n) is 36.5. The van der Waals surface area contributed by atoms with Crippen molar-refractivity contribution in [1.29, 1.82) is 0 Å². The molecule has 0 radical (unpaired) electrons. The summed E-state index contributed by atoms with van der Waals surface area (Å²) in [6, 6.07) is 81.6. The lowest BCUT2D eigenvalue weighted by atomic mass is 9.89. The molecule has 13 rings (SSSR count). The van der Waals surface area contributed by atoms with E-state index in [1.807, 2.05) is 12.1 Å². The van der Waals surface area contributed by atoms with Crippen molar-refractivity contribution in [3.8, 4) is 89.8 Å². The molecule has 68 heavy (non-hydrogen) atoms. The van der Waals surface area contributed by atoms with E-state index in [0.29, 0.717) is 11.6 Å². The second-order valence-corrected chi connectivity index (χ2v) is 19.0. The highest BCUT2D eigenvalue weighted by molar-refractivity contribution is 7.26. The van der Waals surface area contributed by atoms with Gasteiger partial charge < -0.3 is 0 Å². The Hall–Kier alpha value is -8.42. The van der Waals surface area contributed by atoms with E-state index in [-0.39, 0.29) is 0 Å². The number of thiophene rings is 2. The van der Waals surface area contributed by atoms with E-state index < -0.39 is 0 Å². The van der Waals surface area contributed by atoms with Gasteiger partial charge in [0.05, 0.1) is 11.4 Å². The Bertz CT molecular complexity index is 4010. The van der Waals surface area contributed by atoms with Gasteiger partial charge in [0.25, 0.3) is 0 Å². The average molecular weight is 903 g/mol. The van der Waals surface area contributed by atoms with Crippen LogP contribution in [0.2, 0.25) is 0 Å². The van der Waals surface area contributed by atoms with Gasteiger partial charge in [-0.1, -0.05) is 212 Å². The molecule has 13 aromatic rings. The zero-order chi connectivity index (χ0) is 45.0. The predicted molar refractivity (Wildman–Crippen MR) is 287 cm³/mol. The first-order chi connectivity index (χ1) is 33.7. The molecule has 0 saturated carbocycles. The first kappa shape index (κ1) is 39.9. The number of nitrogens with zero attached hydrogens (tertiary/aromatic N) is 4. The number of benzene rings is 9. The molecular formula is C62H38N4S2. The van der Waals surface area contributed by atoms with Gasteiger partial charge in [0, 0.05) is 53.2 Å². The first-order valence-electron chi connectivity index (χ1n) is 22.7. The van der Waals surface area contributed by atoms with Crippen LogP contribution in [0.5, 0.6) is 0 Å². The molecule has 4 aromatic heterocycles. The van der Waals surface area contributed by atoms with Crippen molar-refractivity contribution < 1.29 is 0 Å². The number of hydrogen-bond acceptors (Lipinski definition) is 6. The van der Waals surface area contributed by atoms with Gasteiger partial charge in [-0.3, -0.25) is 0 Å². The minimum absolute atomic E-state index is 0.707. The normalized spacial score (nSPS) is 11.5. The summed E-state index contributed by atoms with van der Waals surface area (Å²) in [5, 5.41) is 4.47. The fourth-order valence-electron chi connectivity index (χ4n) is 9.52. The molecule has 6 heteroatoms. The van der Waals surface area contributed by atoms with Crippen LogP contribution in [0.1, 0.15) is 0 Å². The molecule has 9 aromatic carbocycles. The maximum atomic E-state index is 5.49. The van der Waals surface area contributed by atoms with Crippen molar-refractivity contribution in [2.24, 2.45) is 0 Å². The summed E-state index contributed by atoms with van der Waals surface area (Å²) in [7, 11) is 0. The van der Waals surface area contributed by atoms with Gasteiger partial charge in [-0.05, 0) is 62.7 Å². The lowest BCUT2D eigenvalue weighted by Crippen LogP contribution is -1.96. The van der Waals surface area contributed by atoms with Crippen molar-refractivity contribution in [2.75, 3.05) is 0 Å². The molecule has 0 saturated heterocycles. The van der Waals surface area contributed by atoms with E-state index >= 15 is 0 Å². The Balaban J connectivity index is 0.949. The van der Waals surface area contributed by atoms with Crippen molar-refractivity contribution in [3.05, 3.63) is 231 Å². The fourth-order valence-corrected chi connectivity index (χ4v) is 11.7. The summed E-state index contributed by atoms with van der Waals surface area (Å²) in [5.74, 6) is 1.42. The van der Waals surface area contributed by atoms with Crippen molar-refractivity contribution in [2.45, 2.75) is 0 Å². The summed E-state index contributed by atoms with van der Waals surface area (Å²) in [6.07, 6.45) is 0. The molecule has 0 unspecified atom stereocenters. The molecule has 0 aliphatic rings. The third-order valence-electron chi connectivity index (χ3n) is 12.8. The van der Waals surface area contributed by atoms with E-state index in [0.717, 1.165) is 98.2 Å². The highest BCUT2D eigenvalue weighted by Crippen LogP contribution is 2.45. The van der Waals surface area contributed by atoms with Gasteiger partial charge in [-0.25, -0.2) is 19.9 Å². The summed E-state index contributed by atoms with van der Waals surface area (Å²) in [5.41, 5.74) is 15.0. The Labute approximate surface area is 401 Å². The third kappa shape index (κ3) is 7.06. The zero-order valence-corrected chi connectivity index (χ0v) is 38.2. The van der Waals surface area contributed by atoms with E-state index in [2.05, 4.69) is 218 Å². The maximum Gasteiger partial charge on any atom is 0.161 e. The lowest BCUT2D eigenvalue weighted by Gasteiger charge is -2.16. The van der Waals surface area contributed by atoms with Crippen LogP contribution in [-0.4, -0.2) is 19.9 Å². The monoisotopic (exact) mass is 902 g/mol. The van der Waals surface area contributed by atoms with Crippen LogP contribution in [0.15, 0.2) is 231 Å². The molecule has 0 aliphatic heterocycles. The highest BCUT2D eigenvalue weighted by atomic mass is 32.1. The van der Waals surface area contributed by atoms with Crippen molar-refractivity contribution >= 4 is 63.3 Å². The molecule has 0 atom stereocenters. The van der Waals surface area contributed by atoms with Crippen molar-refractivity contribution in [1.82, 2.24) is 19.9 Å². The van der Waals surface area contributed by atoms with E-state index in [9.17, 15) is 0 Å². The molecule has 0 fully saturated rings. The van der Waals surface area contributed by atoms with Crippen LogP contribution in [-0.2, 0) is 0 Å². The number of rotatable bonds is 8. The highest BCUT2D eigenvalue weighted by Gasteiger charge is 2.22. The first-order valence-corrected chi connectivity index (χ1v) is 24.3. The summed E-state index contributed by atoms with van der Waals surface area (Å²) in [6.45, 7) is 0. The second-order valence-electron chi connectivity index (χ2n) is 16.9. The number of hydrogen-bond donors (Lipinski definition) is 0. The molecule has 4 nitrogen and oxygen atoms in total. The van der Waals surface area contributed by atoms with Crippen LogP contribution >= 0.6 is 22.7 Å². The standard InChI is InChI=1S/C62H38N4S2/c1-3-16-39(17-4-1)41-30-34-43(35-31-41)59-63-57(55-51-26-11-13-28-53(51)67-61(55)65-59)46-21-15-20-45(38-46)47-22-7-8-23-48(47)49-24-9-10-25-50(49)58-56-52-27-12-14-29-54(52)68-62(56)66-60(64-58)44-36-32-42(33-37-44)40-18-5-2-6-19-40/h1-38H. The maximum absolute atomic E-state index is 5.49. The largest absolute Gasteiger partial charge is 0.227 e. The van der Waals surface area contributed by atoms with Gasteiger partial charge >= 0.3 is 0 Å². The fraction of sp³-hybridized carbons (Fsp3) is 0. The van der Waals surface area contributed by atoms with Gasteiger partial charge in [0.1, 0.15) is 9.66 Å². The van der Waals surface area contributed by atoms with Crippen LogP contribution in [0, 0.1) is 0 Å². The molecule has 0 amide bonds. The third-order valence-corrected chi connectivity index (χ3v) is 15.0. The van der Waals surface area contributed by atoms with Gasteiger partial charge in [0.2, 0.25) is 0 Å². The summed E-state index contributed by atoms with van der Waals surface area (Å²) < 4.78 is 2.38. The molecule has 0 N–H and O–H groups in total. The van der Waals surface area contributed by atoms with Gasteiger partial charge in [-0.2, -0.15) is 0 Å². The van der Waals surface area contributed by atoms with Gasteiger partial charge in [0.15, 0.2) is 11.6 Å². The Morgan fingerprint density at radius 2 is 0.632 bits per heavy atom. The van der Waals surface area contributed by atoms with Crippen LogP contribution in [0.4, 0.5) is 0 Å². The number of fused-ring (bicyclic) bond motifs is 6. The van der Waals surface area contributed by atoms with Crippen LogP contribution in [0.3, 0.4) is 0 Å². The summed E-state index contributed by atoms with van der Waals surface area (Å²) in [4.78, 5) is 23.3. The molecule has 0 aliphatic carbocycles. The van der Waals surface area contributed by atoms with Crippen LogP contribution < -0.4 is 0 Å². The van der Waals surface area contributed by atoms with Crippen molar-refractivity contribution in [3.63, 3.8) is 0 Å². The van der Waals surface area contributed by atoms with E-state index in [4.69, 9.17) is 19.9 Å². The Kier molecular flexibility index (Phi) is 9.85. The Morgan fingerprint density at radius 3 is 1.19 bits per heavy atom. The van der Waals surface area contributed by atoms with Gasteiger partial charge in [-0.15, -0.1) is 22.7 Å². The second kappa shape index (κ2) is 16.8. The number of aromatic nitrogens is 4. The Morgan fingerprint density at radius 1 is 0.250 bits per heavy atom. The molecular weight excluding hydrogens is 865 g/mol. The average Bonchev–Trinajstić information content (AvgIpc) is 4.00. The topological polar surface area (TPSA) is 51.6 Å². The molecule has 318 valence electrons. The molecule has 0 bridgehead atoms. The smallest absolute Gasteiger partial charge is 0.161 e. The molecule has 4 heterocycles. The minimum Gasteiger partial charge on any atom is -0.227 e. The summed E-state index contributed by atoms with van der Waals surface area (Å²) >= 11 is 3.44. The quantitative estimate of drug-likeness (QED) is 0.152. The van der Waals surface area contributed by atoms with Crippen LogP contribution in [0.25, 0.3) is 130 Å². The lowest BCUT2D eigenvalue weighted by molar-refractivity contribution is 1.24.